The van der Waals surface area contributed by atoms with E-state index in [0.717, 1.165) is 13.1 Å². The maximum absolute atomic E-state index is 6.59. The minimum atomic E-state index is -0.478. The summed E-state index contributed by atoms with van der Waals surface area (Å²) in [4.78, 5) is 2.52. The van der Waals surface area contributed by atoms with Gasteiger partial charge >= 0.3 is 168 Å². The van der Waals surface area contributed by atoms with Gasteiger partial charge in [-0.25, -0.2) is 0 Å². The molecule has 0 radical (unpaired) electrons. The van der Waals surface area contributed by atoms with Crippen LogP contribution in [0.4, 0.5) is 5.82 Å². The van der Waals surface area contributed by atoms with Gasteiger partial charge in [0.05, 0.1) is 0 Å². The van der Waals surface area contributed by atoms with Crippen LogP contribution in [0.15, 0.2) is 36.5 Å². The van der Waals surface area contributed by atoms with Crippen molar-refractivity contribution in [3.63, 3.8) is 0 Å². The van der Waals surface area contributed by atoms with Crippen LogP contribution >= 0.6 is 9.19 Å². The molecule has 3 aromatic rings. The molecule has 142 valence electrons. The molecular weight excluding hydrogens is 527 g/mol. The molecule has 1 aliphatic heterocycles. The zero-order chi connectivity index (χ0) is 18.3. The van der Waals surface area contributed by atoms with Gasteiger partial charge in [-0.2, -0.15) is 0 Å². The summed E-state index contributed by atoms with van der Waals surface area (Å²) in [7, 11) is 6.59. The van der Waals surface area contributed by atoms with Gasteiger partial charge in [0.25, 0.3) is 0 Å². The van der Waals surface area contributed by atoms with E-state index >= 15 is 0 Å². The number of fused-ring (bicyclic) bond motifs is 1. The third-order valence-electron chi connectivity index (χ3n) is 5.22. The maximum atomic E-state index is 6.59. The van der Waals surface area contributed by atoms with E-state index in [1.54, 1.807) is 0 Å². The fourth-order valence-corrected chi connectivity index (χ4v) is 6.37. The van der Waals surface area contributed by atoms with Crippen molar-refractivity contribution in [2.45, 2.75) is 40.0 Å². The van der Waals surface area contributed by atoms with Gasteiger partial charge in [-0.1, -0.05) is 0 Å². The number of aromatic nitrogens is 2. The van der Waals surface area contributed by atoms with Crippen molar-refractivity contribution in [1.29, 1.82) is 0 Å². The number of halogens is 1. The first kappa shape index (κ1) is 18.1. The normalized spacial score (nSPS) is 16.5. The van der Waals surface area contributed by atoms with Crippen LogP contribution in [-0.2, 0) is 18.2 Å². The number of anilines is 1. The SMILES string of the molecule is Cc1cc(C)c(-n2cc3cccc(N4CCCCC4)n3[c]2=[Au][Cl])c(C)c1. The van der Waals surface area contributed by atoms with E-state index in [1.807, 2.05) is 0 Å². The molecular formula is C21H25AuClN3. The molecule has 0 bridgehead atoms. The van der Waals surface area contributed by atoms with Crippen LogP contribution in [0, 0.1) is 24.4 Å². The molecule has 1 saturated heterocycles. The summed E-state index contributed by atoms with van der Waals surface area (Å²) in [6.07, 6.45) is 6.15. The van der Waals surface area contributed by atoms with Crippen LogP contribution in [0.3, 0.4) is 0 Å². The molecule has 0 unspecified atom stereocenters. The molecule has 0 atom stereocenters. The summed E-state index contributed by atoms with van der Waals surface area (Å²) in [5, 5.41) is 0. The Morgan fingerprint density at radius 2 is 1.65 bits per heavy atom. The molecule has 0 aliphatic carbocycles. The monoisotopic (exact) mass is 551 g/mol. The standard InChI is InChI=1S/C21H25N3.Au.ClH/c1-16-12-17(2)21(18(3)13-16)23-14-19-8-7-9-20(24(19)15-23)22-10-5-4-6-11-22;;/h7-9,12-14H,4-6,10-11H2,1-3H3;;1H/q;+1;/p-1. The van der Waals surface area contributed by atoms with Gasteiger partial charge < -0.3 is 0 Å². The summed E-state index contributed by atoms with van der Waals surface area (Å²) >= 11 is -0.478. The van der Waals surface area contributed by atoms with Crippen molar-refractivity contribution in [2.75, 3.05) is 18.0 Å². The zero-order valence-electron chi connectivity index (χ0n) is 15.5. The third kappa shape index (κ3) is 3.11. The van der Waals surface area contributed by atoms with Crippen molar-refractivity contribution < 1.29 is 18.2 Å². The summed E-state index contributed by atoms with van der Waals surface area (Å²) in [6.45, 7) is 8.83. The summed E-state index contributed by atoms with van der Waals surface area (Å²) < 4.78 is 5.94. The van der Waals surface area contributed by atoms with Crippen LogP contribution in [0.25, 0.3) is 11.2 Å². The van der Waals surface area contributed by atoms with Crippen LogP contribution in [0.5, 0.6) is 0 Å². The fourth-order valence-electron chi connectivity index (χ4n) is 4.21. The molecule has 1 aromatic carbocycles. The molecule has 0 amide bonds. The average molecular weight is 552 g/mol. The molecule has 1 fully saturated rings. The molecule has 2 aromatic heterocycles. The van der Waals surface area contributed by atoms with Crippen molar-refractivity contribution in [1.82, 2.24) is 8.97 Å². The number of hydrogen-bond donors (Lipinski definition) is 0. The Labute approximate surface area is 167 Å². The number of aryl methyl sites for hydroxylation is 3. The number of pyridine rings is 1. The van der Waals surface area contributed by atoms with E-state index in [-0.39, 0.29) is 0 Å². The van der Waals surface area contributed by atoms with E-state index in [4.69, 9.17) is 9.19 Å². The van der Waals surface area contributed by atoms with Gasteiger partial charge in [0.15, 0.2) is 0 Å². The number of piperidine rings is 1. The molecule has 4 rings (SSSR count). The third-order valence-corrected chi connectivity index (χ3v) is 7.42. The zero-order valence-corrected chi connectivity index (χ0v) is 18.4. The van der Waals surface area contributed by atoms with Crippen molar-refractivity contribution in [3.8, 4) is 5.69 Å². The average Bonchev–Trinajstić information content (AvgIpc) is 2.99. The van der Waals surface area contributed by atoms with E-state index in [2.05, 4.69) is 71.2 Å². The van der Waals surface area contributed by atoms with E-state index < -0.39 is 18.2 Å². The molecule has 3 heterocycles. The second-order valence-corrected chi connectivity index (χ2v) is 9.54. The first-order valence-corrected chi connectivity index (χ1v) is 13.0. The molecule has 0 spiro atoms. The number of benzene rings is 1. The number of nitrogens with zero attached hydrogens (tertiary/aromatic N) is 3. The molecule has 1 aliphatic rings. The van der Waals surface area contributed by atoms with Crippen LogP contribution in [0.1, 0.15) is 36.0 Å². The van der Waals surface area contributed by atoms with Gasteiger partial charge in [-0.3, -0.25) is 0 Å². The molecule has 0 saturated carbocycles. The number of rotatable bonds is 2. The molecule has 5 heteroatoms. The molecule has 26 heavy (non-hydrogen) atoms. The van der Waals surface area contributed by atoms with E-state index in [0.29, 0.717) is 0 Å². The summed E-state index contributed by atoms with van der Waals surface area (Å²) in [5.74, 6) is 1.29. The Kier molecular flexibility index (Phi) is 5.15. The van der Waals surface area contributed by atoms with Crippen LogP contribution < -0.4 is 4.90 Å². The number of imidazole rings is 1. The van der Waals surface area contributed by atoms with E-state index in [1.165, 1.54) is 56.6 Å². The van der Waals surface area contributed by atoms with Crippen LogP contribution in [-0.4, -0.2) is 22.1 Å². The topological polar surface area (TPSA) is 12.6 Å². The molecule has 0 N–H and O–H groups in total. The summed E-state index contributed by atoms with van der Waals surface area (Å²) in [5.41, 5.74) is 6.41. The number of hydrogen-bond acceptors (Lipinski definition) is 1. The predicted molar refractivity (Wildman–Crippen MR) is 106 cm³/mol. The van der Waals surface area contributed by atoms with Gasteiger partial charge in [0, 0.05) is 0 Å². The quantitative estimate of drug-likeness (QED) is 0.388. The summed E-state index contributed by atoms with van der Waals surface area (Å²) in [6, 6.07) is 11.1. The van der Waals surface area contributed by atoms with Crippen molar-refractivity contribution in [3.05, 3.63) is 56.8 Å². The predicted octanol–water partition coefficient (Wildman–Crippen LogP) is 5.41. The van der Waals surface area contributed by atoms with Gasteiger partial charge in [-0.05, 0) is 0 Å². The van der Waals surface area contributed by atoms with Crippen molar-refractivity contribution in [2.24, 2.45) is 0 Å². The Bertz CT molecular complexity index is 1000. The molecule has 3 nitrogen and oxygen atoms in total. The fraction of sp³-hybridized carbons (Fsp3) is 0.381. The van der Waals surface area contributed by atoms with Gasteiger partial charge in [-0.15, -0.1) is 0 Å². The van der Waals surface area contributed by atoms with Gasteiger partial charge in [0.2, 0.25) is 0 Å². The first-order valence-electron chi connectivity index (χ1n) is 9.18. The van der Waals surface area contributed by atoms with E-state index in [9.17, 15) is 0 Å². The Balaban J connectivity index is 1.99. The second-order valence-electron chi connectivity index (χ2n) is 7.23. The minimum absolute atomic E-state index is 0.478. The Morgan fingerprint density at radius 3 is 2.31 bits per heavy atom. The van der Waals surface area contributed by atoms with Crippen molar-refractivity contribution >= 4 is 20.5 Å². The van der Waals surface area contributed by atoms with Crippen LogP contribution in [0.2, 0.25) is 0 Å². The first-order chi connectivity index (χ1) is 12.6. The second kappa shape index (κ2) is 7.40. The Morgan fingerprint density at radius 1 is 0.962 bits per heavy atom. The Hall–Kier alpha value is -1.26. The van der Waals surface area contributed by atoms with Gasteiger partial charge in [0.1, 0.15) is 0 Å².